The molecule has 4 heterocycles. The molecule has 180 valence electrons. The van der Waals surface area contributed by atoms with Crippen LogP contribution in [0.2, 0.25) is 0 Å². The molecule has 1 saturated heterocycles. The molecule has 0 atom stereocenters. The van der Waals surface area contributed by atoms with Crippen molar-refractivity contribution >= 4 is 29.3 Å². The number of hydrogen-bond acceptors (Lipinski definition) is 7. The number of thioether (sulfide) groups is 1. The number of rotatable bonds is 7. The maximum absolute atomic E-state index is 13.2. The number of nitrogens with one attached hydrogen (secondary N) is 1. The first-order valence-electron chi connectivity index (χ1n) is 12.0. The van der Waals surface area contributed by atoms with Crippen LogP contribution in [-0.2, 0) is 12.3 Å². The molecule has 0 bridgehead atoms. The standard InChI is InChI=1S/C26H29N7OS/c1-18-15-19(2)33-25(29-18)30-26(31-33)35-17-21-9-4-5-11-22(21)24(34)28-16-20-10-8-12-27-23(20)32-13-6-3-7-14-32/h4-5,8-12,15H,3,6-7,13-14,16-17H2,1-2H3,(H,28,34). The fourth-order valence-corrected chi connectivity index (χ4v) is 5.27. The number of carbonyl (C=O) groups excluding carboxylic acids is 1. The van der Waals surface area contributed by atoms with Gasteiger partial charge in [0.15, 0.2) is 0 Å². The monoisotopic (exact) mass is 487 g/mol. The molecule has 35 heavy (non-hydrogen) atoms. The van der Waals surface area contributed by atoms with Crippen molar-refractivity contribution in [3.8, 4) is 0 Å². The lowest BCUT2D eigenvalue weighted by Crippen LogP contribution is -2.32. The lowest BCUT2D eigenvalue weighted by atomic mass is 10.1. The summed E-state index contributed by atoms with van der Waals surface area (Å²) in [7, 11) is 0. The van der Waals surface area contributed by atoms with Crippen molar-refractivity contribution in [2.24, 2.45) is 0 Å². The summed E-state index contributed by atoms with van der Waals surface area (Å²) < 4.78 is 1.75. The highest BCUT2D eigenvalue weighted by molar-refractivity contribution is 7.98. The Labute approximate surface area is 209 Å². The molecule has 1 fully saturated rings. The number of aromatic nitrogens is 5. The Hall–Kier alpha value is -3.46. The van der Waals surface area contributed by atoms with E-state index in [1.54, 1.807) is 4.52 Å². The summed E-state index contributed by atoms with van der Waals surface area (Å²) >= 11 is 1.50. The second-order valence-corrected chi connectivity index (χ2v) is 9.75. The van der Waals surface area contributed by atoms with Gasteiger partial charge in [0.25, 0.3) is 11.7 Å². The van der Waals surface area contributed by atoms with Crippen LogP contribution in [0.4, 0.5) is 5.82 Å². The van der Waals surface area contributed by atoms with Crippen molar-refractivity contribution < 1.29 is 4.79 Å². The molecule has 1 amide bonds. The Morgan fingerprint density at radius 2 is 1.83 bits per heavy atom. The molecule has 1 aliphatic rings. The average Bonchev–Trinajstić information content (AvgIpc) is 3.30. The van der Waals surface area contributed by atoms with E-state index >= 15 is 0 Å². The predicted octanol–water partition coefficient (Wildman–Crippen LogP) is 4.35. The molecule has 5 rings (SSSR count). The van der Waals surface area contributed by atoms with Crippen LogP contribution < -0.4 is 10.2 Å². The van der Waals surface area contributed by atoms with Gasteiger partial charge in [-0.25, -0.2) is 14.5 Å². The van der Waals surface area contributed by atoms with E-state index in [-0.39, 0.29) is 5.91 Å². The van der Waals surface area contributed by atoms with Gasteiger partial charge in [0.2, 0.25) is 5.16 Å². The molecule has 8 nitrogen and oxygen atoms in total. The molecule has 0 saturated carbocycles. The molecule has 4 aromatic rings. The van der Waals surface area contributed by atoms with Gasteiger partial charge in [0.05, 0.1) is 0 Å². The van der Waals surface area contributed by atoms with Gasteiger partial charge in [0.1, 0.15) is 5.82 Å². The van der Waals surface area contributed by atoms with E-state index in [4.69, 9.17) is 0 Å². The number of nitrogens with zero attached hydrogens (tertiary/aromatic N) is 6. The lowest BCUT2D eigenvalue weighted by molar-refractivity contribution is 0.0950. The highest BCUT2D eigenvalue weighted by Crippen LogP contribution is 2.24. The number of hydrogen-bond donors (Lipinski definition) is 1. The van der Waals surface area contributed by atoms with Crippen LogP contribution >= 0.6 is 11.8 Å². The summed E-state index contributed by atoms with van der Waals surface area (Å²) in [6.45, 7) is 6.42. The Bertz CT molecular complexity index is 1350. The number of anilines is 1. The molecular weight excluding hydrogens is 458 g/mol. The molecular formula is C26H29N7OS. The molecule has 0 spiro atoms. The van der Waals surface area contributed by atoms with Crippen molar-refractivity contribution in [3.05, 3.63) is 76.7 Å². The maximum Gasteiger partial charge on any atom is 0.253 e. The Balaban J connectivity index is 1.27. The molecule has 9 heteroatoms. The third kappa shape index (κ3) is 5.30. The van der Waals surface area contributed by atoms with Gasteiger partial charge in [-0.15, -0.1) is 5.10 Å². The summed E-state index contributed by atoms with van der Waals surface area (Å²) in [6, 6.07) is 13.7. The number of amides is 1. The van der Waals surface area contributed by atoms with E-state index in [9.17, 15) is 4.79 Å². The first kappa shape index (κ1) is 23.3. The number of pyridine rings is 1. The van der Waals surface area contributed by atoms with Gasteiger partial charge in [0, 0.05) is 54.1 Å². The molecule has 3 aromatic heterocycles. The minimum atomic E-state index is -0.0919. The number of benzene rings is 1. The number of fused-ring (bicyclic) bond motifs is 1. The minimum absolute atomic E-state index is 0.0919. The van der Waals surface area contributed by atoms with Crippen LogP contribution in [0, 0.1) is 13.8 Å². The highest BCUT2D eigenvalue weighted by Gasteiger charge is 2.17. The quantitative estimate of drug-likeness (QED) is 0.388. The normalized spacial score (nSPS) is 13.8. The summed E-state index contributed by atoms with van der Waals surface area (Å²) in [5, 5.41) is 8.32. The predicted molar refractivity (Wildman–Crippen MR) is 138 cm³/mol. The highest BCUT2D eigenvalue weighted by atomic mass is 32.2. The summed E-state index contributed by atoms with van der Waals surface area (Å²) in [6.07, 6.45) is 5.46. The van der Waals surface area contributed by atoms with E-state index in [2.05, 4.69) is 30.3 Å². The fourth-order valence-electron chi connectivity index (χ4n) is 4.45. The lowest BCUT2D eigenvalue weighted by Gasteiger charge is -2.29. The summed E-state index contributed by atoms with van der Waals surface area (Å²) in [4.78, 5) is 29.1. The largest absolute Gasteiger partial charge is 0.356 e. The van der Waals surface area contributed by atoms with Crippen molar-refractivity contribution in [1.82, 2.24) is 29.9 Å². The second kappa shape index (κ2) is 10.4. The minimum Gasteiger partial charge on any atom is -0.356 e. The third-order valence-corrected chi connectivity index (χ3v) is 7.07. The Morgan fingerprint density at radius 3 is 2.69 bits per heavy atom. The van der Waals surface area contributed by atoms with Crippen LogP contribution in [0.3, 0.4) is 0 Å². The van der Waals surface area contributed by atoms with Gasteiger partial charge >= 0.3 is 0 Å². The van der Waals surface area contributed by atoms with Gasteiger partial charge in [-0.1, -0.05) is 36.0 Å². The van der Waals surface area contributed by atoms with Crippen LogP contribution in [0.15, 0.2) is 53.8 Å². The van der Waals surface area contributed by atoms with E-state index < -0.39 is 0 Å². The van der Waals surface area contributed by atoms with Crippen LogP contribution in [0.5, 0.6) is 0 Å². The molecule has 1 N–H and O–H groups in total. The molecule has 0 radical (unpaired) electrons. The summed E-state index contributed by atoms with van der Waals surface area (Å²) in [5.74, 6) is 2.07. The van der Waals surface area contributed by atoms with Crippen molar-refractivity contribution in [2.45, 2.75) is 50.6 Å². The first-order chi connectivity index (χ1) is 17.1. The van der Waals surface area contributed by atoms with Crippen LogP contribution in [0.25, 0.3) is 5.78 Å². The van der Waals surface area contributed by atoms with Crippen LogP contribution in [0.1, 0.15) is 52.1 Å². The van der Waals surface area contributed by atoms with Gasteiger partial charge in [-0.2, -0.15) is 4.98 Å². The Morgan fingerprint density at radius 1 is 1.03 bits per heavy atom. The average molecular weight is 488 g/mol. The number of carbonyl (C=O) groups is 1. The third-order valence-electron chi connectivity index (χ3n) is 6.18. The Kier molecular flexibility index (Phi) is 6.94. The van der Waals surface area contributed by atoms with E-state index in [1.165, 1.54) is 31.0 Å². The molecule has 1 aliphatic heterocycles. The van der Waals surface area contributed by atoms with Gasteiger partial charge in [-0.3, -0.25) is 4.79 Å². The topological polar surface area (TPSA) is 88.3 Å². The zero-order valence-corrected chi connectivity index (χ0v) is 20.9. The number of piperidine rings is 1. The van der Waals surface area contributed by atoms with E-state index in [0.29, 0.717) is 28.8 Å². The zero-order chi connectivity index (χ0) is 24.2. The second-order valence-electron chi connectivity index (χ2n) is 8.81. The van der Waals surface area contributed by atoms with Crippen molar-refractivity contribution in [1.29, 1.82) is 0 Å². The van der Waals surface area contributed by atoms with Crippen molar-refractivity contribution in [2.75, 3.05) is 18.0 Å². The molecule has 0 unspecified atom stereocenters. The number of aryl methyl sites for hydroxylation is 2. The van der Waals surface area contributed by atoms with Gasteiger partial charge < -0.3 is 10.2 Å². The molecule has 1 aromatic carbocycles. The van der Waals surface area contributed by atoms with E-state index in [1.807, 2.05) is 62.5 Å². The van der Waals surface area contributed by atoms with E-state index in [0.717, 1.165) is 41.4 Å². The molecule has 0 aliphatic carbocycles. The maximum atomic E-state index is 13.2. The smallest absolute Gasteiger partial charge is 0.253 e. The summed E-state index contributed by atoms with van der Waals surface area (Å²) in [5.41, 5.74) is 4.56. The first-order valence-corrected chi connectivity index (χ1v) is 13.0. The van der Waals surface area contributed by atoms with Crippen molar-refractivity contribution in [3.63, 3.8) is 0 Å². The van der Waals surface area contributed by atoms with Gasteiger partial charge in [-0.05, 0) is 56.9 Å². The SMILES string of the molecule is Cc1cc(C)n2nc(SCc3ccccc3C(=O)NCc3cccnc3N3CCCCC3)nc2n1. The zero-order valence-electron chi connectivity index (χ0n) is 20.1. The fraction of sp³-hybridized carbons (Fsp3) is 0.346. The van der Waals surface area contributed by atoms with Crippen LogP contribution in [-0.4, -0.2) is 43.6 Å².